The number of ketones is 1. The Hall–Kier alpha value is -4.22. The maximum atomic E-state index is 13.9. The van der Waals surface area contributed by atoms with Crippen molar-refractivity contribution in [2.75, 3.05) is 0 Å². The molecule has 214 valence electrons. The summed E-state index contributed by atoms with van der Waals surface area (Å²) >= 11 is 0. The van der Waals surface area contributed by atoms with Crippen LogP contribution in [0, 0.1) is 13.8 Å². The van der Waals surface area contributed by atoms with Crippen LogP contribution in [-0.4, -0.2) is 17.9 Å². The number of rotatable bonds is 7. The third kappa shape index (κ3) is 5.82. The molecule has 0 bridgehead atoms. The third-order valence-corrected chi connectivity index (χ3v) is 7.54. The van der Waals surface area contributed by atoms with Crippen molar-refractivity contribution in [2.24, 2.45) is 0 Å². The Morgan fingerprint density at radius 1 is 0.878 bits per heavy atom. The molecule has 1 atom stereocenters. The van der Waals surface area contributed by atoms with Gasteiger partial charge < -0.3 is 14.2 Å². The zero-order valence-corrected chi connectivity index (χ0v) is 24.5. The highest BCUT2D eigenvalue weighted by Gasteiger charge is 2.49. The molecule has 0 amide bonds. The normalized spacial score (nSPS) is 17.7. The zero-order chi connectivity index (χ0) is 29.9. The fraction of sp³-hybridized carbons (Fsp3) is 0.382. The maximum Gasteiger partial charge on any atom is 0.373 e. The molecule has 0 N–H and O–H groups in total. The van der Waals surface area contributed by atoms with E-state index in [2.05, 4.69) is 45.9 Å². The monoisotopic (exact) mass is 556 g/mol. The van der Waals surface area contributed by atoms with Crippen LogP contribution in [0.15, 0.2) is 48.5 Å². The number of aryl methyl sites for hydroxylation is 3. The Labute approximate surface area is 240 Å². The Morgan fingerprint density at radius 2 is 1.54 bits per heavy atom. The molecule has 0 fully saturated rings. The van der Waals surface area contributed by atoms with Crippen molar-refractivity contribution in [1.29, 1.82) is 0 Å². The predicted octanol–water partition coefficient (Wildman–Crippen LogP) is 7.13. The summed E-state index contributed by atoms with van der Waals surface area (Å²) in [6.45, 7) is 11.8. The lowest BCUT2D eigenvalue weighted by atomic mass is 9.82. The van der Waals surface area contributed by atoms with Crippen molar-refractivity contribution in [3.8, 4) is 22.6 Å². The van der Waals surface area contributed by atoms with E-state index in [-0.39, 0.29) is 18.4 Å². The van der Waals surface area contributed by atoms with Gasteiger partial charge in [-0.15, -0.1) is 0 Å². The number of benzene rings is 3. The maximum absolute atomic E-state index is 13.9. The Morgan fingerprint density at radius 3 is 2.17 bits per heavy atom. The SMILES string of the molecule is CCCCCc1cc2c(c3c1C(=O)OC(CC(C)=O)(c1ccc(C)cc1)O3)-c1cc(C)ccc1C(C)(C)O2.O=C=O. The quantitative estimate of drug-likeness (QED) is 0.226. The largest absolute Gasteiger partial charge is 0.482 e. The van der Waals surface area contributed by atoms with Gasteiger partial charge in [0.2, 0.25) is 0 Å². The van der Waals surface area contributed by atoms with Gasteiger partial charge in [-0.25, -0.2) is 4.79 Å². The molecule has 0 saturated carbocycles. The molecular formula is C34H36O7. The Kier molecular flexibility index (Phi) is 8.50. The van der Waals surface area contributed by atoms with Crippen LogP contribution in [0.4, 0.5) is 0 Å². The summed E-state index contributed by atoms with van der Waals surface area (Å²) in [6.07, 6.45) is 3.91. The molecule has 2 aliphatic heterocycles. The highest BCUT2D eigenvalue weighted by molar-refractivity contribution is 6.01. The first-order valence-corrected chi connectivity index (χ1v) is 13.9. The average Bonchev–Trinajstić information content (AvgIpc) is 2.88. The van der Waals surface area contributed by atoms with E-state index < -0.39 is 17.4 Å². The van der Waals surface area contributed by atoms with Crippen molar-refractivity contribution < 1.29 is 33.4 Å². The molecule has 0 saturated heterocycles. The molecule has 0 aromatic heterocycles. The van der Waals surface area contributed by atoms with Crippen molar-refractivity contribution in [3.63, 3.8) is 0 Å². The van der Waals surface area contributed by atoms with Gasteiger partial charge in [-0.05, 0) is 64.7 Å². The van der Waals surface area contributed by atoms with Crippen LogP contribution >= 0.6 is 0 Å². The van der Waals surface area contributed by atoms with Gasteiger partial charge in [0.15, 0.2) is 5.75 Å². The molecule has 0 spiro atoms. The summed E-state index contributed by atoms with van der Waals surface area (Å²) in [6, 6.07) is 15.9. The van der Waals surface area contributed by atoms with Crippen molar-refractivity contribution in [2.45, 2.75) is 85.0 Å². The topological polar surface area (TPSA) is 96.0 Å². The number of carbonyl (C=O) groups is 2. The number of unbranched alkanes of at least 4 members (excludes halogenated alkanes) is 2. The van der Waals surface area contributed by atoms with E-state index >= 15 is 0 Å². The van der Waals surface area contributed by atoms with Gasteiger partial charge in [-0.1, -0.05) is 73.4 Å². The number of cyclic esters (lactones) is 1. The molecule has 1 unspecified atom stereocenters. The van der Waals surface area contributed by atoms with Crippen LogP contribution in [0.3, 0.4) is 0 Å². The third-order valence-electron chi connectivity index (χ3n) is 7.54. The molecular weight excluding hydrogens is 520 g/mol. The molecule has 3 aromatic rings. The van der Waals surface area contributed by atoms with Crippen molar-refractivity contribution >= 4 is 17.9 Å². The molecule has 0 radical (unpaired) electrons. The lowest BCUT2D eigenvalue weighted by molar-refractivity contribution is -0.191. The number of hydrogen-bond donors (Lipinski definition) is 0. The second-order valence-corrected chi connectivity index (χ2v) is 11.3. The molecule has 7 nitrogen and oxygen atoms in total. The van der Waals surface area contributed by atoms with E-state index in [9.17, 15) is 9.59 Å². The molecule has 7 heteroatoms. The first kappa shape index (κ1) is 29.8. The second kappa shape index (κ2) is 11.7. The highest BCUT2D eigenvalue weighted by atomic mass is 16.7. The van der Waals surface area contributed by atoms with Gasteiger partial charge in [0.1, 0.15) is 22.7 Å². The van der Waals surface area contributed by atoms with E-state index in [1.54, 1.807) is 0 Å². The van der Waals surface area contributed by atoms with Crippen molar-refractivity contribution in [3.05, 3.63) is 81.9 Å². The van der Waals surface area contributed by atoms with Gasteiger partial charge >= 0.3 is 12.1 Å². The van der Waals surface area contributed by atoms with E-state index in [1.165, 1.54) is 6.92 Å². The van der Waals surface area contributed by atoms with E-state index in [4.69, 9.17) is 23.8 Å². The number of Topliss-reactive ketones (excluding diaryl/α,β-unsaturated/α-hetero) is 1. The fourth-order valence-electron chi connectivity index (χ4n) is 5.64. The standard InChI is InChI=1S/C33H36O5.CO2/c1-7-8-9-10-23-18-27-29(25-17-21(3)13-16-26(25)32(5,6)36-27)30-28(23)31(35)38-33(37-30,19-22(4)34)24-14-11-20(2)12-15-24;2-1-3/h11-18H,7-10,19H2,1-6H3;. The number of ether oxygens (including phenoxy) is 3. The lowest BCUT2D eigenvalue weighted by Crippen LogP contribution is -2.44. The van der Waals surface area contributed by atoms with Crippen LogP contribution in [0.1, 0.15) is 91.6 Å². The average molecular weight is 557 g/mol. The number of fused-ring (bicyclic) bond motifs is 5. The minimum atomic E-state index is -1.56. The van der Waals surface area contributed by atoms with E-state index in [0.717, 1.165) is 52.6 Å². The summed E-state index contributed by atoms with van der Waals surface area (Å²) in [7, 11) is 0. The van der Waals surface area contributed by atoms with Crippen LogP contribution in [0.25, 0.3) is 11.1 Å². The van der Waals surface area contributed by atoms with E-state index in [1.807, 2.05) is 37.3 Å². The first-order chi connectivity index (χ1) is 19.5. The van der Waals surface area contributed by atoms with Crippen molar-refractivity contribution in [1.82, 2.24) is 0 Å². The molecule has 2 aliphatic rings. The fourth-order valence-corrected chi connectivity index (χ4v) is 5.64. The second-order valence-electron chi connectivity index (χ2n) is 11.3. The van der Waals surface area contributed by atoms with Gasteiger partial charge in [0, 0.05) is 11.1 Å². The number of hydrogen-bond acceptors (Lipinski definition) is 7. The molecule has 41 heavy (non-hydrogen) atoms. The summed E-state index contributed by atoms with van der Waals surface area (Å²) in [5.74, 6) is -1.04. The minimum absolute atomic E-state index is 0.0941. The van der Waals surface area contributed by atoms with Crippen LogP contribution in [0.5, 0.6) is 11.5 Å². The Bertz CT molecular complexity index is 1510. The number of esters is 1. The van der Waals surface area contributed by atoms with E-state index in [0.29, 0.717) is 29.0 Å². The van der Waals surface area contributed by atoms with Gasteiger partial charge in [0.25, 0.3) is 5.79 Å². The summed E-state index contributed by atoms with van der Waals surface area (Å²) < 4.78 is 19.5. The van der Waals surface area contributed by atoms with Gasteiger partial charge in [0.05, 0.1) is 12.0 Å². The smallest absolute Gasteiger partial charge is 0.373 e. The van der Waals surface area contributed by atoms with Crippen LogP contribution in [-0.2, 0) is 36.9 Å². The Balaban J connectivity index is 0.00000124. The summed E-state index contributed by atoms with van der Waals surface area (Å²) in [4.78, 5) is 42.7. The minimum Gasteiger partial charge on any atom is -0.482 e. The van der Waals surface area contributed by atoms with Gasteiger partial charge in [-0.3, -0.25) is 4.79 Å². The zero-order valence-electron chi connectivity index (χ0n) is 24.5. The molecule has 3 aromatic carbocycles. The highest BCUT2D eigenvalue weighted by Crippen LogP contribution is 2.55. The summed E-state index contributed by atoms with van der Waals surface area (Å²) in [5.41, 5.74) is 6.25. The van der Waals surface area contributed by atoms with Crippen LogP contribution in [0.2, 0.25) is 0 Å². The summed E-state index contributed by atoms with van der Waals surface area (Å²) in [5, 5.41) is 0. The molecule has 2 heterocycles. The van der Waals surface area contributed by atoms with Crippen LogP contribution < -0.4 is 9.47 Å². The molecule has 0 aliphatic carbocycles. The predicted molar refractivity (Wildman–Crippen MR) is 153 cm³/mol. The molecule has 5 rings (SSSR count). The lowest BCUT2D eigenvalue weighted by Gasteiger charge is -2.42. The first-order valence-electron chi connectivity index (χ1n) is 13.9. The van der Waals surface area contributed by atoms with Gasteiger partial charge in [-0.2, -0.15) is 9.59 Å². The number of carbonyl (C=O) groups excluding carboxylic acids is 4.